The maximum absolute atomic E-state index is 14.3. The van der Waals surface area contributed by atoms with Crippen molar-refractivity contribution in [3.8, 4) is 20.9 Å². The van der Waals surface area contributed by atoms with Gasteiger partial charge in [-0.2, -0.15) is 0 Å². The molecule has 0 bridgehead atoms. The average Bonchev–Trinajstić information content (AvgIpc) is 3.36. The van der Waals surface area contributed by atoms with Gasteiger partial charge < -0.3 is 9.05 Å². The van der Waals surface area contributed by atoms with E-state index in [1.807, 2.05) is 32.0 Å². The Hall–Kier alpha value is -2.75. The topological polar surface area (TPSA) is 35.5 Å². The lowest BCUT2D eigenvalue weighted by Gasteiger charge is -2.19. The van der Waals surface area contributed by atoms with Gasteiger partial charge in [0.25, 0.3) is 0 Å². The molecular weight excluding hydrogens is 471 g/mol. The first-order chi connectivity index (χ1) is 17.1. The van der Waals surface area contributed by atoms with Gasteiger partial charge in [0, 0.05) is 10.4 Å². The summed E-state index contributed by atoms with van der Waals surface area (Å²) in [4.78, 5) is 2.00. The van der Waals surface area contributed by atoms with Gasteiger partial charge in [0.15, 0.2) is 0 Å². The van der Waals surface area contributed by atoms with E-state index in [4.69, 9.17) is 9.05 Å². The van der Waals surface area contributed by atoms with Crippen LogP contribution in [0.15, 0.2) is 91.0 Å². The molecule has 0 aliphatic heterocycles. The van der Waals surface area contributed by atoms with Crippen LogP contribution in [0.25, 0.3) is 42.4 Å². The molecule has 5 heteroatoms. The van der Waals surface area contributed by atoms with E-state index in [-0.39, 0.29) is 0 Å². The number of fused-ring (bicyclic) bond motifs is 2. The van der Waals surface area contributed by atoms with Crippen LogP contribution in [0.2, 0.25) is 0 Å². The third-order valence-electron chi connectivity index (χ3n) is 6.03. The summed E-state index contributed by atoms with van der Waals surface area (Å²) in [6, 6.07) is 31.4. The number of thiophene rings is 1. The van der Waals surface area contributed by atoms with Crippen molar-refractivity contribution in [3.05, 3.63) is 91.0 Å². The van der Waals surface area contributed by atoms with Crippen LogP contribution in [0.5, 0.6) is 0 Å². The monoisotopic (exact) mass is 500 g/mol. The zero-order chi connectivity index (χ0) is 24.3. The fourth-order valence-corrected chi connectivity index (χ4v) is 7.92. The molecular formula is C30H29O3PS. The molecule has 0 aliphatic rings. The molecule has 0 saturated heterocycles. The zero-order valence-electron chi connectivity index (χ0n) is 20.1. The van der Waals surface area contributed by atoms with Crippen LogP contribution in [0.3, 0.4) is 0 Å². The molecule has 5 aromatic rings. The third kappa shape index (κ3) is 4.72. The van der Waals surface area contributed by atoms with Gasteiger partial charge in [-0.05, 0) is 46.0 Å². The second kappa shape index (κ2) is 10.5. The lowest BCUT2D eigenvalue weighted by molar-refractivity contribution is 0.213. The molecule has 3 nitrogen and oxygen atoms in total. The largest absolute Gasteiger partial charge is 0.362 e. The second-order valence-corrected chi connectivity index (χ2v) is 11.6. The van der Waals surface area contributed by atoms with Crippen molar-refractivity contribution in [1.82, 2.24) is 0 Å². The smallest absolute Gasteiger partial charge is 0.305 e. The van der Waals surface area contributed by atoms with Crippen molar-refractivity contribution in [2.24, 2.45) is 0 Å². The van der Waals surface area contributed by atoms with Crippen molar-refractivity contribution in [2.45, 2.75) is 26.7 Å². The van der Waals surface area contributed by atoms with Crippen LogP contribution in [-0.4, -0.2) is 13.2 Å². The van der Waals surface area contributed by atoms with Gasteiger partial charge in [-0.3, -0.25) is 4.57 Å². The third-order valence-corrected chi connectivity index (χ3v) is 9.37. The molecule has 0 fully saturated rings. The second-order valence-electron chi connectivity index (χ2n) is 8.54. The molecule has 4 aromatic carbocycles. The predicted octanol–water partition coefficient (Wildman–Crippen LogP) is 9.06. The Bertz CT molecular complexity index is 1500. The first-order valence-corrected chi connectivity index (χ1v) is 14.5. The minimum absolute atomic E-state index is 0.384. The SMILES string of the molecule is CCCOP(=O)(OCCC)c1cc(-c2cccc3ccccc23)sc1-c1cccc2ccccc12. The molecule has 35 heavy (non-hydrogen) atoms. The Morgan fingerprint density at radius 3 is 1.80 bits per heavy atom. The van der Waals surface area contributed by atoms with E-state index >= 15 is 0 Å². The van der Waals surface area contributed by atoms with E-state index < -0.39 is 7.60 Å². The van der Waals surface area contributed by atoms with E-state index in [0.29, 0.717) is 18.5 Å². The van der Waals surface area contributed by atoms with Crippen molar-refractivity contribution >= 4 is 45.8 Å². The van der Waals surface area contributed by atoms with Gasteiger partial charge in [0.2, 0.25) is 0 Å². The van der Waals surface area contributed by atoms with Crippen LogP contribution < -0.4 is 5.30 Å². The predicted molar refractivity (Wildman–Crippen MR) is 150 cm³/mol. The van der Waals surface area contributed by atoms with Gasteiger partial charge in [-0.15, -0.1) is 11.3 Å². The summed E-state index contributed by atoms with van der Waals surface area (Å²) in [5.74, 6) is 0. The maximum atomic E-state index is 14.3. The van der Waals surface area contributed by atoms with Gasteiger partial charge in [-0.25, -0.2) is 0 Å². The Kier molecular flexibility index (Phi) is 7.17. The molecule has 0 N–H and O–H groups in total. The fourth-order valence-electron chi connectivity index (χ4n) is 4.37. The van der Waals surface area contributed by atoms with Crippen molar-refractivity contribution < 1.29 is 13.6 Å². The van der Waals surface area contributed by atoms with Gasteiger partial charge in [-0.1, -0.05) is 98.8 Å². The van der Waals surface area contributed by atoms with Gasteiger partial charge in [0.05, 0.1) is 23.4 Å². The molecule has 0 atom stereocenters. The molecule has 1 heterocycles. The lowest BCUT2D eigenvalue weighted by atomic mass is 10.0. The Morgan fingerprint density at radius 1 is 0.686 bits per heavy atom. The van der Waals surface area contributed by atoms with E-state index in [1.165, 1.54) is 10.8 Å². The highest BCUT2D eigenvalue weighted by atomic mass is 32.1. The van der Waals surface area contributed by atoms with Gasteiger partial charge >= 0.3 is 7.60 Å². The van der Waals surface area contributed by atoms with E-state index in [9.17, 15) is 4.57 Å². The van der Waals surface area contributed by atoms with Crippen molar-refractivity contribution in [3.63, 3.8) is 0 Å². The maximum Gasteiger partial charge on any atom is 0.362 e. The quantitative estimate of drug-likeness (QED) is 0.189. The van der Waals surface area contributed by atoms with Crippen LogP contribution in [0, 0.1) is 0 Å². The van der Waals surface area contributed by atoms with E-state index in [2.05, 4.69) is 72.8 Å². The molecule has 5 rings (SSSR count). The molecule has 0 aliphatic carbocycles. The molecule has 0 radical (unpaired) electrons. The zero-order valence-corrected chi connectivity index (χ0v) is 21.8. The van der Waals surface area contributed by atoms with Crippen molar-refractivity contribution in [1.29, 1.82) is 0 Å². The molecule has 0 spiro atoms. The van der Waals surface area contributed by atoms with E-state index in [1.54, 1.807) is 11.3 Å². The summed E-state index contributed by atoms with van der Waals surface area (Å²) in [7, 11) is -3.54. The van der Waals surface area contributed by atoms with Crippen LogP contribution in [0.1, 0.15) is 26.7 Å². The highest BCUT2D eigenvalue weighted by molar-refractivity contribution is 7.63. The lowest BCUT2D eigenvalue weighted by Crippen LogP contribution is -2.12. The number of hydrogen-bond acceptors (Lipinski definition) is 4. The van der Waals surface area contributed by atoms with Crippen LogP contribution in [-0.2, 0) is 13.6 Å². The first kappa shape index (κ1) is 24.0. The summed E-state index contributed by atoms with van der Waals surface area (Å²) in [6.07, 6.45) is 1.53. The van der Waals surface area contributed by atoms with Crippen LogP contribution >= 0.6 is 18.9 Å². The molecule has 0 saturated carbocycles. The highest BCUT2D eigenvalue weighted by Gasteiger charge is 2.33. The molecule has 0 amide bonds. The number of rotatable bonds is 9. The molecule has 178 valence electrons. The summed E-state index contributed by atoms with van der Waals surface area (Å²) in [5, 5.41) is 5.28. The average molecular weight is 501 g/mol. The molecule has 1 aromatic heterocycles. The Labute approximate surface area is 210 Å². The first-order valence-electron chi connectivity index (χ1n) is 12.1. The summed E-state index contributed by atoms with van der Waals surface area (Å²) >= 11 is 1.66. The Morgan fingerprint density at radius 2 is 1.20 bits per heavy atom. The summed E-state index contributed by atoms with van der Waals surface area (Å²) in [6.45, 7) is 4.81. The van der Waals surface area contributed by atoms with Crippen LogP contribution in [0.4, 0.5) is 0 Å². The number of benzene rings is 4. The number of hydrogen-bond donors (Lipinski definition) is 0. The molecule has 0 unspecified atom stereocenters. The normalized spacial score (nSPS) is 11.9. The fraction of sp³-hybridized carbons (Fsp3) is 0.200. The Balaban J connectivity index is 1.78. The summed E-state index contributed by atoms with van der Waals surface area (Å²) in [5.41, 5.74) is 2.17. The highest BCUT2D eigenvalue weighted by Crippen LogP contribution is 2.53. The minimum Gasteiger partial charge on any atom is -0.305 e. The van der Waals surface area contributed by atoms with E-state index in [0.717, 1.165) is 44.5 Å². The standard InChI is InChI=1S/C30H29O3PS/c1-3-19-32-34(31,33-20-4-2)28-21-29(26-17-9-13-22-11-5-7-15-24(22)26)35-30(28)27-18-10-14-23-12-6-8-16-25(23)27/h5-18,21H,3-4,19-20H2,1-2H3. The van der Waals surface area contributed by atoms with Crippen molar-refractivity contribution in [2.75, 3.05) is 13.2 Å². The van der Waals surface area contributed by atoms with Gasteiger partial charge in [0.1, 0.15) is 0 Å². The summed E-state index contributed by atoms with van der Waals surface area (Å²) < 4.78 is 26.4. The minimum atomic E-state index is -3.54.